The van der Waals surface area contributed by atoms with Gasteiger partial charge in [-0.3, -0.25) is 0 Å². The van der Waals surface area contributed by atoms with Gasteiger partial charge >= 0.3 is 0 Å². The lowest BCUT2D eigenvalue weighted by Crippen LogP contribution is -2.12. The zero-order valence-corrected chi connectivity index (χ0v) is 14.2. The standard InChI is InChI=1S/C13H13Cl2N3OS.ClH/c14-9-4-3-8(6-10(9)15)7-20-13-18-17-12(19-13)11-2-1-5-16-11;/h3-4,6,11,16H,1-2,5,7H2;1H/t11-;/m0./s1. The number of nitrogens with one attached hydrogen (secondary N) is 1. The Morgan fingerprint density at radius 1 is 1.29 bits per heavy atom. The fourth-order valence-electron chi connectivity index (χ4n) is 2.09. The summed E-state index contributed by atoms with van der Waals surface area (Å²) in [6.07, 6.45) is 2.21. The van der Waals surface area contributed by atoms with E-state index in [1.807, 2.05) is 12.1 Å². The van der Waals surface area contributed by atoms with Gasteiger partial charge in [0.1, 0.15) is 0 Å². The topological polar surface area (TPSA) is 51.0 Å². The Hall–Kier alpha value is -0.460. The van der Waals surface area contributed by atoms with E-state index >= 15 is 0 Å². The third kappa shape index (κ3) is 4.27. The molecule has 1 saturated heterocycles. The quantitative estimate of drug-likeness (QED) is 0.806. The summed E-state index contributed by atoms with van der Waals surface area (Å²) in [6, 6.07) is 5.80. The van der Waals surface area contributed by atoms with Crippen molar-refractivity contribution < 1.29 is 4.42 Å². The van der Waals surface area contributed by atoms with Gasteiger partial charge in [-0.25, -0.2) is 0 Å². The summed E-state index contributed by atoms with van der Waals surface area (Å²) in [6.45, 7) is 1.01. The number of rotatable bonds is 4. The molecular weight excluding hydrogens is 353 g/mol. The predicted molar refractivity (Wildman–Crippen MR) is 87.5 cm³/mol. The van der Waals surface area contributed by atoms with Crippen molar-refractivity contribution in [3.8, 4) is 0 Å². The third-order valence-electron chi connectivity index (χ3n) is 3.13. The molecule has 21 heavy (non-hydrogen) atoms. The second-order valence-corrected chi connectivity index (χ2v) is 6.33. The van der Waals surface area contributed by atoms with Crippen molar-refractivity contribution in [3.63, 3.8) is 0 Å². The Bertz CT molecular complexity index is 602. The molecule has 3 rings (SSSR count). The molecule has 0 saturated carbocycles. The molecule has 0 bridgehead atoms. The lowest BCUT2D eigenvalue weighted by molar-refractivity contribution is 0.374. The fraction of sp³-hybridized carbons (Fsp3) is 0.385. The van der Waals surface area contributed by atoms with Gasteiger partial charge in [-0.1, -0.05) is 41.0 Å². The molecule has 1 atom stereocenters. The van der Waals surface area contributed by atoms with Gasteiger partial charge in [0.25, 0.3) is 5.22 Å². The molecule has 1 N–H and O–H groups in total. The summed E-state index contributed by atoms with van der Waals surface area (Å²) in [7, 11) is 0. The number of halogens is 3. The Balaban J connectivity index is 0.00000161. The first kappa shape index (κ1) is 16.9. The first-order chi connectivity index (χ1) is 9.72. The van der Waals surface area contributed by atoms with Gasteiger partial charge in [0.15, 0.2) is 0 Å². The molecule has 8 heteroatoms. The number of aromatic nitrogens is 2. The van der Waals surface area contributed by atoms with Crippen molar-refractivity contribution in [3.05, 3.63) is 39.7 Å². The van der Waals surface area contributed by atoms with E-state index in [1.54, 1.807) is 6.07 Å². The fourth-order valence-corrected chi connectivity index (χ4v) is 3.12. The molecule has 1 aromatic carbocycles. The molecule has 1 aliphatic rings. The summed E-state index contributed by atoms with van der Waals surface area (Å²) >= 11 is 13.4. The van der Waals surface area contributed by atoms with Gasteiger partial charge in [-0.05, 0) is 37.1 Å². The van der Waals surface area contributed by atoms with Gasteiger partial charge in [0.2, 0.25) is 5.89 Å². The smallest absolute Gasteiger partial charge is 0.276 e. The maximum Gasteiger partial charge on any atom is 0.276 e. The van der Waals surface area contributed by atoms with Crippen LogP contribution in [0.5, 0.6) is 0 Å². The van der Waals surface area contributed by atoms with E-state index in [2.05, 4.69) is 15.5 Å². The lowest BCUT2D eigenvalue weighted by atomic mass is 10.2. The summed E-state index contributed by atoms with van der Waals surface area (Å²) in [5, 5.41) is 13.2. The Kier molecular flexibility index (Phi) is 6.20. The summed E-state index contributed by atoms with van der Waals surface area (Å²) in [4.78, 5) is 0. The van der Waals surface area contributed by atoms with Crippen LogP contribution in [0.15, 0.2) is 27.8 Å². The van der Waals surface area contributed by atoms with E-state index in [-0.39, 0.29) is 18.4 Å². The lowest BCUT2D eigenvalue weighted by Gasteiger charge is -2.02. The molecule has 2 heterocycles. The minimum atomic E-state index is 0. The van der Waals surface area contributed by atoms with Crippen molar-refractivity contribution in [2.24, 2.45) is 0 Å². The molecule has 1 aromatic heterocycles. The molecule has 2 aromatic rings. The van der Waals surface area contributed by atoms with Crippen LogP contribution in [0.2, 0.25) is 10.0 Å². The molecule has 1 aliphatic heterocycles. The monoisotopic (exact) mass is 365 g/mol. The Labute approximate surface area is 143 Å². The van der Waals surface area contributed by atoms with Crippen molar-refractivity contribution in [2.45, 2.75) is 29.9 Å². The van der Waals surface area contributed by atoms with Gasteiger partial charge < -0.3 is 9.73 Å². The normalized spacial score (nSPS) is 17.7. The number of hydrogen-bond donors (Lipinski definition) is 1. The van der Waals surface area contributed by atoms with Crippen LogP contribution in [-0.4, -0.2) is 16.7 Å². The van der Waals surface area contributed by atoms with Crippen molar-refractivity contribution in [2.75, 3.05) is 6.54 Å². The SMILES string of the molecule is Cl.Clc1ccc(CSc2nnc([C@@H]3CCCN3)o2)cc1Cl. The molecule has 0 radical (unpaired) electrons. The van der Waals surface area contributed by atoms with Crippen LogP contribution in [0.25, 0.3) is 0 Å². The Morgan fingerprint density at radius 2 is 2.14 bits per heavy atom. The first-order valence-electron chi connectivity index (χ1n) is 6.36. The summed E-state index contributed by atoms with van der Waals surface area (Å²) in [5.74, 6) is 1.40. The first-order valence-corrected chi connectivity index (χ1v) is 8.10. The number of benzene rings is 1. The molecule has 0 amide bonds. The predicted octanol–water partition coefficient (Wildman–Crippen LogP) is 4.52. The number of nitrogens with zero attached hydrogens (tertiary/aromatic N) is 2. The summed E-state index contributed by atoms with van der Waals surface area (Å²) in [5.41, 5.74) is 1.07. The number of thioether (sulfide) groups is 1. The molecule has 0 unspecified atom stereocenters. The Morgan fingerprint density at radius 3 is 2.86 bits per heavy atom. The van der Waals surface area contributed by atoms with E-state index < -0.39 is 0 Å². The highest BCUT2D eigenvalue weighted by molar-refractivity contribution is 7.98. The maximum absolute atomic E-state index is 5.98. The second-order valence-electron chi connectivity index (χ2n) is 4.59. The third-order valence-corrected chi connectivity index (χ3v) is 4.76. The highest BCUT2D eigenvalue weighted by atomic mass is 35.5. The molecule has 0 spiro atoms. The van der Waals surface area contributed by atoms with E-state index in [9.17, 15) is 0 Å². The number of hydrogen-bond acceptors (Lipinski definition) is 5. The summed E-state index contributed by atoms with van der Waals surface area (Å²) < 4.78 is 5.66. The van der Waals surface area contributed by atoms with Crippen LogP contribution in [0.1, 0.15) is 30.3 Å². The van der Waals surface area contributed by atoms with Gasteiger partial charge in [-0.15, -0.1) is 22.6 Å². The molecular formula is C13H14Cl3N3OS. The molecule has 4 nitrogen and oxygen atoms in total. The van der Waals surface area contributed by atoms with Crippen molar-refractivity contribution in [1.29, 1.82) is 0 Å². The van der Waals surface area contributed by atoms with E-state index in [0.29, 0.717) is 21.2 Å². The van der Waals surface area contributed by atoms with Crippen molar-refractivity contribution in [1.82, 2.24) is 15.5 Å². The van der Waals surface area contributed by atoms with Gasteiger partial charge in [0.05, 0.1) is 16.1 Å². The van der Waals surface area contributed by atoms with Gasteiger partial charge in [0, 0.05) is 5.75 Å². The van der Waals surface area contributed by atoms with E-state index in [4.69, 9.17) is 27.6 Å². The largest absolute Gasteiger partial charge is 0.414 e. The van der Waals surface area contributed by atoms with Crippen molar-refractivity contribution >= 4 is 47.4 Å². The zero-order valence-electron chi connectivity index (χ0n) is 11.0. The maximum atomic E-state index is 5.98. The minimum absolute atomic E-state index is 0. The second kappa shape index (κ2) is 7.70. The molecule has 114 valence electrons. The van der Waals surface area contributed by atoms with Crippen LogP contribution < -0.4 is 5.32 Å². The minimum Gasteiger partial charge on any atom is -0.414 e. The highest BCUT2D eigenvalue weighted by Crippen LogP contribution is 2.29. The van der Waals surface area contributed by atoms with Gasteiger partial charge in [-0.2, -0.15) is 0 Å². The molecule has 1 fully saturated rings. The van der Waals surface area contributed by atoms with E-state index in [1.165, 1.54) is 11.8 Å². The average Bonchev–Trinajstić information content (AvgIpc) is 3.09. The van der Waals surface area contributed by atoms with Crippen LogP contribution in [0.4, 0.5) is 0 Å². The zero-order chi connectivity index (χ0) is 13.9. The van der Waals surface area contributed by atoms with Crippen LogP contribution >= 0.6 is 47.4 Å². The van der Waals surface area contributed by atoms with E-state index in [0.717, 1.165) is 30.7 Å². The molecule has 0 aliphatic carbocycles. The van der Waals surface area contributed by atoms with Crippen LogP contribution in [0.3, 0.4) is 0 Å². The van der Waals surface area contributed by atoms with Crippen LogP contribution in [-0.2, 0) is 5.75 Å². The van der Waals surface area contributed by atoms with Crippen LogP contribution in [0, 0.1) is 0 Å². The average molecular weight is 367 g/mol. The highest BCUT2D eigenvalue weighted by Gasteiger charge is 2.22.